The first kappa shape index (κ1) is 17.9. The number of carbonyl (C=O) groups excluding carboxylic acids is 2. The van der Waals surface area contributed by atoms with Gasteiger partial charge in [0.25, 0.3) is 0 Å². The summed E-state index contributed by atoms with van der Waals surface area (Å²) < 4.78 is 0.668. The number of anilines is 1. The number of halogens is 1. The number of carboxylic acids is 1. The number of hydrogen-bond donors (Lipinski definition) is 2. The third kappa shape index (κ3) is 3.08. The molecular formula is C21H18BrNO4. The predicted molar refractivity (Wildman–Crippen MR) is 105 cm³/mol. The van der Waals surface area contributed by atoms with Gasteiger partial charge in [-0.15, -0.1) is 0 Å². The lowest BCUT2D eigenvalue weighted by Gasteiger charge is -2.27. The average Bonchev–Trinajstić information content (AvgIpc) is 2.94. The molecule has 2 aromatic rings. The standard InChI is InChI=1S/C21H18BrNO4/c22-17-9-15-11-5-1-2-6-12(11)19(24)16(15)10-18(17)23-20(25)13-7-3-4-8-14(13)21(26)27/h1-2,5-6,9-10,13-14H,3-4,7-8H2,(H,23,25)(H,26,27)/t13-,14+/m0/s1. The monoisotopic (exact) mass is 427 g/mol. The van der Waals surface area contributed by atoms with Gasteiger partial charge in [-0.25, -0.2) is 0 Å². The zero-order valence-electron chi connectivity index (χ0n) is 14.5. The van der Waals surface area contributed by atoms with Crippen molar-refractivity contribution in [1.29, 1.82) is 0 Å². The molecule has 1 fully saturated rings. The number of nitrogens with one attached hydrogen (secondary N) is 1. The summed E-state index contributed by atoms with van der Waals surface area (Å²) in [5.41, 5.74) is 3.42. The van der Waals surface area contributed by atoms with E-state index in [1.807, 2.05) is 24.3 Å². The van der Waals surface area contributed by atoms with E-state index in [1.54, 1.807) is 12.1 Å². The van der Waals surface area contributed by atoms with Gasteiger partial charge in [-0.1, -0.05) is 37.1 Å². The molecule has 2 aliphatic carbocycles. The van der Waals surface area contributed by atoms with Crippen molar-refractivity contribution in [2.24, 2.45) is 11.8 Å². The molecule has 1 amide bonds. The molecule has 2 aromatic carbocycles. The number of aliphatic carboxylic acids is 1. The average molecular weight is 428 g/mol. The lowest BCUT2D eigenvalue weighted by molar-refractivity contribution is -0.147. The molecule has 0 saturated heterocycles. The first-order chi connectivity index (χ1) is 13.0. The van der Waals surface area contributed by atoms with Crippen LogP contribution in [0.2, 0.25) is 0 Å². The first-order valence-corrected chi connectivity index (χ1v) is 9.78. The Morgan fingerprint density at radius 1 is 0.963 bits per heavy atom. The molecule has 0 heterocycles. The van der Waals surface area contributed by atoms with Crippen LogP contribution in [0.4, 0.5) is 5.69 Å². The quantitative estimate of drug-likeness (QED) is 0.644. The molecule has 0 aliphatic heterocycles. The van der Waals surface area contributed by atoms with Gasteiger partial charge >= 0.3 is 5.97 Å². The minimum atomic E-state index is -0.923. The van der Waals surface area contributed by atoms with E-state index in [4.69, 9.17) is 0 Å². The van der Waals surface area contributed by atoms with Crippen LogP contribution < -0.4 is 5.32 Å². The number of amides is 1. The Labute approximate surface area is 164 Å². The Balaban J connectivity index is 1.64. The summed E-state index contributed by atoms with van der Waals surface area (Å²) in [5, 5.41) is 12.2. The smallest absolute Gasteiger partial charge is 0.307 e. The zero-order chi connectivity index (χ0) is 19.1. The van der Waals surface area contributed by atoms with Crippen molar-refractivity contribution in [3.8, 4) is 11.1 Å². The molecule has 5 nitrogen and oxygen atoms in total. The van der Waals surface area contributed by atoms with E-state index in [1.165, 1.54) is 0 Å². The minimum absolute atomic E-state index is 0.0651. The lowest BCUT2D eigenvalue weighted by atomic mass is 9.78. The van der Waals surface area contributed by atoms with Crippen molar-refractivity contribution in [3.63, 3.8) is 0 Å². The normalized spacial score (nSPS) is 20.7. The van der Waals surface area contributed by atoms with E-state index in [9.17, 15) is 19.5 Å². The summed E-state index contributed by atoms with van der Waals surface area (Å²) in [7, 11) is 0. The van der Waals surface area contributed by atoms with Crippen LogP contribution in [-0.2, 0) is 9.59 Å². The second-order valence-electron chi connectivity index (χ2n) is 7.08. The first-order valence-electron chi connectivity index (χ1n) is 8.98. The molecule has 2 N–H and O–H groups in total. The van der Waals surface area contributed by atoms with Gasteiger partial charge in [0.2, 0.25) is 5.91 Å². The lowest BCUT2D eigenvalue weighted by Crippen LogP contribution is -2.36. The van der Waals surface area contributed by atoms with Crippen molar-refractivity contribution in [3.05, 3.63) is 52.0 Å². The molecule has 0 bridgehead atoms. The number of hydrogen-bond acceptors (Lipinski definition) is 3. The van der Waals surface area contributed by atoms with E-state index in [0.29, 0.717) is 34.1 Å². The number of carbonyl (C=O) groups is 3. The Morgan fingerprint density at radius 3 is 2.33 bits per heavy atom. The van der Waals surface area contributed by atoms with Crippen LogP contribution in [0.5, 0.6) is 0 Å². The van der Waals surface area contributed by atoms with Crippen LogP contribution in [0.15, 0.2) is 40.9 Å². The van der Waals surface area contributed by atoms with Gasteiger partial charge < -0.3 is 10.4 Å². The van der Waals surface area contributed by atoms with Gasteiger partial charge in [-0.3, -0.25) is 14.4 Å². The van der Waals surface area contributed by atoms with E-state index in [-0.39, 0.29) is 11.7 Å². The highest BCUT2D eigenvalue weighted by Gasteiger charge is 2.36. The van der Waals surface area contributed by atoms with E-state index >= 15 is 0 Å². The Bertz CT molecular complexity index is 969. The summed E-state index contributed by atoms with van der Waals surface area (Å²) in [5.74, 6) is -2.49. The number of ketones is 1. The summed E-state index contributed by atoms with van der Waals surface area (Å²) in [6, 6.07) is 10.9. The second kappa shape index (κ2) is 6.93. The summed E-state index contributed by atoms with van der Waals surface area (Å²) >= 11 is 3.48. The summed E-state index contributed by atoms with van der Waals surface area (Å²) in [4.78, 5) is 36.9. The van der Waals surface area contributed by atoms with Crippen LogP contribution >= 0.6 is 15.9 Å². The van der Waals surface area contributed by atoms with Crippen LogP contribution in [0.3, 0.4) is 0 Å². The fourth-order valence-electron chi connectivity index (χ4n) is 4.11. The van der Waals surface area contributed by atoms with E-state index in [0.717, 1.165) is 24.0 Å². The van der Waals surface area contributed by atoms with Gasteiger partial charge in [0.15, 0.2) is 5.78 Å². The molecule has 6 heteroatoms. The highest BCUT2D eigenvalue weighted by atomic mass is 79.9. The number of benzene rings is 2. The number of carboxylic acid groups (broad SMARTS) is 1. The third-order valence-electron chi connectivity index (χ3n) is 5.49. The van der Waals surface area contributed by atoms with Crippen molar-refractivity contribution >= 4 is 39.3 Å². The highest BCUT2D eigenvalue weighted by molar-refractivity contribution is 9.10. The largest absolute Gasteiger partial charge is 0.481 e. The molecular weight excluding hydrogens is 410 g/mol. The second-order valence-corrected chi connectivity index (χ2v) is 7.93. The molecule has 138 valence electrons. The minimum Gasteiger partial charge on any atom is -0.481 e. The fourth-order valence-corrected chi connectivity index (χ4v) is 4.55. The maximum Gasteiger partial charge on any atom is 0.307 e. The molecule has 4 rings (SSSR count). The SMILES string of the molecule is O=C1c2ccccc2-c2cc(Br)c(NC(=O)[C@H]3CCCC[C@H]3C(=O)O)cc21. The molecule has 0 unspecified atom stereocenters. The Hall–Kier alpha value is -2.47. The van der Waals surface area contributed by atoms with Crippen molar-refractivity contribution in [2.75, 3.05) is 5.32 Å². The van der Waals surface area contributed by atoms with Gasteiger partial charge in [0.05, 0.1) is 17.5 Å². The van der Waals surface area contributed by atoms with Crippen molar-refractivity contribution in [1.82, 2.24) is 0 Å². The van der Waals surface area contributed by atoms with Crippen molar-refractivity contribution in [2.45, 2.75) is 25.7 Å². The fraction of sp³-hybridized carbons (Fsp3) is 0.286. The molecule has 2 atom stereocenters. The number of fused-ring (bicyclic) bond motifs is 3. The zero-order valence-corrected chi connectivity index (χ0v) is 16.1. The molecule has 0 spiro atoms. The van der Waals surface area contributed by atoms with Gasteiger partial charge in [0.1, 0.15) is 0 Å². The van der Waals surface area contributed by atoms with Crippen molar-refractivity contribution < 1.29 is 19.5 Å². The molecule has 0 radical (unpaired) electrons. The molecule has 1 saturated carbocycles. The predicted octanol–water partition coefficient (Wildman–Crippen LogP) is 4.49. The summed E-state index contributed by atoms with van der Waals surface area (Å²) in [6.07, 6.45) is 2.76. The topological polar surface area (TPSA) is 83.5 Å². The van der Waals surface area contributed by atoms with E-state index in [2.05, 4.69) is 21.2 Å². The van der Waals surface area contributed by atoms with Gasteiger partial charge in [0, 0.05) is 15.6 Å². The maximum atomic E-state index is 12.8. The van der Waals surface area contributed by atoms with Gasteiger partial charge in [-0.05, 0) is 52.0 Å². The van der Waals surface area contributed by atoms with Crippen LogP contribution in [0, 0.1) is 11.8 Å². The van der Waals surface area contributed by atoms with Crippen LogP contribution in [-0.4, -0.2) is 22.8 Å². The number of rotatable bonds is 3. The van der Waals surface area contributed by atoms with E-state index < -0.39 is 17.8 Å². The molecule has 0 aromatic heterocycles. The highest BCUT2D eigenvalue weighted by Crippen LogP contribution is 2.41. The van der Waals surface area contributed by atoms with Gasteiger partial charge in [-0.2, -0.15) is 0 Å². The summed E-state index contributed by atoms with van der Waals surface area (Å²) in [6.45, 7) is 0. The molecule has 2 aliphatic rings. The Kier molecular flexibility index (Phi) is 4.60. The van der Waals surface area contributed by atoms with Crippen LogP contribution in [0.25, 0.3) is 11.1 Å². The maximum absolute atomic E-state index is 12.8. The Morgan fingerprint density at radius 2 is 1.63 bits per heavy atom. The third-order valence-corrected chi connectivity index (χ3v) is 6.15. The van der Waals surface area contributed by atoms with Crippen LogP contribution in [0.1, 0.15) is 41.6 Å². The molecule has 27 heavy (non-hydrogen) atoms.